The molecule has 0 unspecified atom stereocenters. The fraction of sp³-hybridized carbons (Fsp3) is 0.278. The van der Waals surface area contributed by atoms with Crippen molar-refractivity contribution in [3.8, 4) is 11.3 Å². The minimum atomic E-state index is -0.343. The van der Waals surface area contributed by atoms with Crippen molar-refractivity contribution >= 4 is 5.91 Å². The van der Waals surface area contributed by atoms with Crippen LogP contribution in [0.3, 0.4) is 0 Å². The number of H-pyrrole nitrogens is 2. The van der Waals surface area contributed by atoms with Gasteiger partial charge in [0.25, 0.3) is 5.91 Å². The van der Waals surface area contributed by atoms with Gasteiger partial charge < -0.3 is 9.88 Å². The molecular formula is C18H18FN5O. The lowest BCUT2D eigenvalue weighted by Crippen LogP contribution is -2.38. The van der Waals surface area contributed by atoms with Gasteiger partial charge in [0, 0.05) is 37.0 Å². The SMILES string of the molecule is O=C(c1cn[nH]c1-c1cccc(F)c1)N1CCC(c2ncc[nH]2)CC1. The summed E-state index contributed by atoms with van der Waals surface area (Å²) in [5, 5.41) is 6.81. The van der Waals surface area contributed by atoms with Gasteiger partial charge >= 0.3 is 0 Å². The Hall–Kier alpha value is -2.96. The first-order chi connectivity index (χ1) is 12.2. The van der Waals surface area contributed by atoms with Gasteiger partial charge in [-0.1, -0.05) is 12.1 Å². The van der Waals surface area contributed by atoms with Crippen LogP contribution in [0.1, 0.15) is 34.9 Å². The first kappa shape index (κ1) is 15.6. The molecule has 128 valence electrons. The lowest BCUT2D eigenvalue weighted by molar-refractivity contribution is 0.0712. The first-order valence-corrected chi connectivity index (χ1v) is 8.30. The molecule has 1 saturated heterocycles. The molecule has 7 heteroatoms. The molecule has 2 N–H and O–H groups in total. The number of carbonyl (C=O) groups is 1. The van der Waals surface area contributed by atoms with E-state index in [1.54, 1.807) is 18.3 Å². The van der Waals surface area contributed by atoms with Gasteiger partial charge in [-0.05, 0) is 25.0 Å². The number of aromatic amines is 2. The van der Waals surface area contributed by atoms with Crippen molar-refractivity contribution in [3.05, 3.63) is 60.1 Å². The summed E-state index contributed by atoms with van der Waals surface area (Å²) in [5.74, 6) is 0.914. The number of nitrogens with one attached hydrogen (secondary N) is 2. The first-order valence-electron chi connectivity index (χ1n) is 8.30. The molecule has 0 bridgehead atoms. The summed E-state index contributed by atoms with van der Waals surface area (Å²) in [6.45, 7) is 1.33. The molecular weight excluding hydrogens is 321 g/mol. The van der Waals surface area contributed by atoms with E-state index in [9.17, 15) is 9.18 Å². The lowest BCUT2D eigenvalue weighted by atomic mass is 9.95. The van der Waals surface area contributed by atoms with Gasteiger partial charge in [-0.15, -0.1) is 0 Å². The van der Waals surface area contributed by atoms with Crippen LogP contribution in [0.5, 0.6) is 0 Å². The second kappa shape index (κ2) is 6.51. The Morgan fingerprint density at radius 2 is 2.12 bits per heavy atom. The summed E-state index contributed by atoms with van der Waals surface area (Å²) in [5.41, 5.74) is 1.64. The number of hydrogen-bond acceptors (Lipinski definition) is 3. The van der Waals surface area contributed by atoms with E-state index in [-0.39, 0.29) is 11.7 Å². The van der Waals surface area contributed by atoms with Gasteiger partial charge in [0.1, 0.15) is 11.6 Å². The Kier molecular flexibility index (Phi) is 4.05. The molecule has 3 aromatic rings. The highest BCUT2D eigenvalue weighted by Gasteiger charge is 2.27. The number of rotatable bonds is 3. The molecule has 2 aromatic heterocycles. The quantitative estimate of drug-likeness (QED) is 0.770. The highest BCUT2D eigenvalue weighted by molar-refractivity contribution is 5.99. The number of halogens is 1. The summed E-state index contributed by atoms with van der Waals surface area (Å²) in [4.78, 5) is 22.2. The van der Waals surface area contributed by atoms with Crippen LogP contribution in [0.25, 0.3) is 11.3 Å². The van der Waals surface area contributed by atoms with Gasteiger partial charge in [-0.3, -0.25) is 9.89 Å². The zero-order valence-corrected chi connectivity index (χ0v) is 13.6. The van der Waals surface area contributed by atoms with Gasteiger partial charge in [0.05, 0.1) is 17.5 Å². The van der Waals surface area contributed by atoms with E-state index in [2.05, 4.69) is 20.2 Å². The highest BCUT2D eigenvalue weighted by Crippen LogP contribution is 2.28. The monoisotopic (exact) mass is 339 g/mol. The molecule has 1 aromatic carbocycles. The third-order valence-corrected chi connectivity index (χ3v) is 4.67. The van der Waals surface area contributed by atoms with Crippen molar-refractivity contribution in [2.45, 2.75) is 18.8 Å². The van der Waals surface area contributed by atoms with Crippen molar-refractivity contribution in [3.63, 3.8) is 0 Å². The molecule has 4 rings (SSSR count). The maximum Gasteiger partial charge on any atom is 0.257 e. The second-order valence-electron chi connectivity index (χ2n) is 6.21. The Morgan fingerprint density at radius 3 is 2.84 bits per heavy atom. The minimum Gasteiger partial charge on any atom is -0.348 e. The van der Waals surface area contributed by atoms with Crippen LogP contribution in [0.2, 0.25) is 0 Å². The van der Waals surface area contributed by atoms with Crippen LogP contribution in [0.4, 0.5) is 4.39 Å². The number of benzene rings is 1. The normalized spacial score (nSPS) is 15.5. The van der Waals surface area contributed by atoms with Crippen LogP contribution in [0.15, 0.2) is 42.9 Å². The summed E-state index contributed by atoms with van der Waals surface area (Å²) in [6, 6.07) is 6.15. The minimum absolute atomic E-state index is 0.0779. The van der Waals surface area contributed by atoms with E-state index in [1.807, 2.05) is 11.1 Å². The van der Waals surface area contributed by atoms with E-state index >= 15 is 0 Å². The third-order valence-electron chi connectivity index (χ3n) is 4.67. The van der Waals surface area contributed by atoms with Gasteiger partial charge in [-0.25, -0.2) is 9.37 Å². The molecule has 1 amide bonds. The lowest BCUT2D eigenvalue weighted by Gasteiger charge is -2.31. The van der Waals surface area contributed by atoms with E-state index in [0.717, 1.165) is 18.7 Å². The molecule has 0 aliphatic carbocycles. The Bertz CT molecular complexity index is 865. The molecule has 0 saturated carbocycles. The average molecular weight is 339 g/mol. The molecule has 6 nitrogen and oxygen atoms in total. The van der Waals surface area contributed by atoms with Crippen LogP contribution in [0, 0.1) is 5.82 Å². The Balaban J connectivity index is 1.50. The largest absolute Gasteiger partial charge is 0.348 e. The average Bonchev–Trinajstić information content (AvgIpc) is 3.33. The number of nitrogens with zero attached hydrogens (tertiary/aromatic N) is 3. The van der Waals surface area contributed by atoms with Crippen LogP contribution < -0.4 is 0 Å². The zero-order chi connectivity index (χ0) is 17.2. The third kappa shape index (κ3) is 3.05. The summed E-state index contributed by atoms with van der Waals surface area (Å²) < 4.78 is 13.5. The molecule has 25 heavy (non-hydrogen) atoms. The number of likely N-dealkylation sites (tertiary alicyclic amines) is 1. The number of piperidine rings is 1. The number of hydrogen-bond donors (Lipinski definition) is 2. The van der Waals surface area contributed by atoms with E-state index in [1.165, 1.54) is 18.3 Å². The Labute approximate surface area is 144 Å². The van der Waals surface area contributed by atoms with Crippen molar-refractivity contribution in [2.24, 2.45) is 0 Å². The van der Waals surface area contributed by atoms with Crippen LogP contribution >= 0.6 is 0 Å². The topological polar surface area (TPSA) is 77.7 Å². The predicted molar refractivity (Wildman–Crippen MR) is 90.4 cm³/mol. The van der Waals surface area contributed by atoms with Gasteiger partial charge in [0.15, 0.2) is 0 Å². The number of carbonyl (C=O) groups excluding carboxylic acids is 1. The molecule has 0 atom stereocenters. The summed E-state index contributed by atoms with van der Waals surface area (Å²) in [6.07, 6.45) is 6.83. The molecule has 1 fully saturated rings. The molecule has 0 spiro atoms. The van der Waals surface area contributed by atoms with Crippen molar-refractivity contribution in [1.29, 1.82) is 0 Å². The number of imidazole rings is 1. The zero-order valence-electron chi connectivity index (χ0n) is 13.6. The maximum absolute atomic E-state index is 13.5. The highest BCUT2D eigenvalue weighted by atomic mass is 19.1. The van der Waals surface area contributed by atoms with Crippen LogP contribution in [-0.2, 0) is 0 Å². The van der Waals surface area contributed by atoms with Crippen molar-refractivity contribution in [1.82, 2.24) is 25.1 Å². The van der Waals surface area contributed by atoms with Gasteiger partial charge in [-0.2, -0.15) is 5.10 Å². The number of amides is 1. The maximum atomic E-state index is 13.5. The van der Waals surface area contributed by atoms with Crippen LogP contribution in [-0.4, -0.2) is 44.1 Å². The van der Waals surface area contributed by atoms with Gasteiger partial charge in [0.2, 0.25) is 0 Å². The molecule has 0 radical (unpaired) electrons. The fourth-order valence-corrected chi connectivity index (χ4v) is 3.34. The molecule has 1 aliphatic rings. The van der Waals surface area contributed by atoms with Crippen molar-refractivity contribution in [2.75, 3.05) is 13.1 Å². The van der Waals surface area contributed by atoms with E-state index < -0.39 is 0 Å². The van der Waals surface area contributed by atoms with Crippen molar-refractivity contribution < 1.29 is 9.18 Å². The molecule has 1 aliphatic heterocycles. The number of aromatic nitrogens is 4. The summed E-state index contributed by atoms with van der Waals surface area (Å²) >= 11 is 0. The standard InChI is InChI=1S/C18H18FN5O/c19-14-3-1-2-13(10-14)16-15(11-22-23-16)18(25)24-8-4-12(5-9-24)17-20-6-7-21-17/h1-3,6-7,10-12H,4-5,8-9H2,(H,20,21)(H,22,23). The predicted octanol–water partition coefficient (Wildman–Crippen LogP) is 2.96. The fourth-order valence-electron chi connectivity index (χ4n) is 3.34. The smallest absolute Gasteiger partial charge is 0.257 e. The van der Waals surface area contributed by atoms with E-state index in [0.29, 0.717) is 35.8 Å². The van der Waals surface area contributed by atoms with E-state index in [4.69, 9.17) is 0 Å². The molecule has 3 heterocycles. The second-order valence-corrected chi connectivity index (χ2v) is 6.21. The summed E-state index contributed by atoms with van der Waals surface area (Å²) in [7, 11) is 0. The Morgan fingerprint density at radius 1 is 1.28 bits per heavy atom.